The molecule has 2 heterocycles. The molecular formula is C22H20N4O2. The van der Waals surface area contributed by atoms with E-state index < -0.39 is 0 Å². The van der Waals surface area contributed by atoms with E-state index in [4.69, 9.17) is 0 Å². The Morgan fingerprint density at radius 3 is 2.57 bits per heavy atom. The molecule has 0 unspecified atom stereocenters. The first-order valence-electron chi connectivity index (χ1n) is 9.51. The molecule has 5 rings (SSSR count). The van der Waals surface area contributed by atoms with Gasteiger partial charge in [-0.05, 0) is 24.5 Å². The van der Waals surface area contributed by atoms with Crippen molar-refractivity contribution in [2.75, 3.05) is 0 Å². The molecule has 6 nitrogen and oxygen atoms in total. The normalized spacial score (nSPS) is 13.9. The van der Waals surface area contributed by atoms with Gasteiger partial charge in [0.1, 0.15) is 12.1 Å². The van der Waals surface area contributed by atoms with Crippen LogP contribution in [0.25, 0.3) is 21.8 Å². The minimum atomic E-state index is -0.240. The number of para-hydroxylation sites is 1. The second-order valence-electron chi connectivity index (χ2n) is 7.30. The number of amides is 1. The highest BCUT2D eigenvalue weighted by molar-refractivity contribution is 6.07. The summed E-state index contributed by atoms with van der Waals surface area (Å²) in [4.78, 5) is 25.4. The maximum absolute atomic E-state index is 13.2. The predicted octanol–water partition coefficient (Wildman–Crippen LogP) is 2.68. The SMILES string of the molecule is O=C(Cn1ncc2c3ccccc3n(Cc3ccccc3)c2c1=O)NC1CC1. The van der Waals surface area contributed by atoms with E-state index >= 15 is 0 Å². The maximum atomic E-state index is 13.2. The zero-order valence-corrected chi connectivity index (χ0v) is 15.3. The van der Waals surface area contributed by atoms with E-state index in [0.717, 1.165) is 34.7 Å². The second kappa shape index (κ2) is 6.64. The zero-order valence-electron chi connectivity index (χ0n) is 15.3. The average Bonchev–Trinajstić information content (AvgIpc) is 3.47. The fraction of sp³-hybridized carbons (Fsp3) is 0.227. The molecule has 28 heavy (non-hydrogen) atoms. The van der Waals surface area contributed by atoms with Crippen LogP contribution in [0, 0.1) is 0 Å². The quantitative estimate of drug-likeness (QED) is 0.586. The Hall–Kier alpha value is -3.41. The van der Waals surface area contributed by atoms with Gasteiger partial charge in [0, 0.05) is 28.9 Å². The van der Waals surface area contributed by atoms with Crippen LogP contribution in [0.1, 0.15) is 18.4 Å². The highest BCUT2D eigenvalue weighted by atomic mass is 16.2. The predicted molar refractivity (Wildman–Crippen MR) is 108 cm³/mol. The van der Waals surface area contributed by atoms with Gasteiger partial charge in [0.05, 0.1) is 6.20 Å². The van der Waals surface area contributed by atoms with Gasteiger partial charge in [-0.3, -0.25) is 9.59 Å². The highest BCUT2D eigenvalue weighted by Gasteiger charge is 2.24. The number of hydrogen-bond donors (Lipinski definition) is 1. The van der Waals surface area contributed by atoms with Gasteiger partial charge in [-0.25, -0.2) is 4.68 Å². The molecule has 1 aliphatic carbocycles. The van der Waals surface area contributed by atoms with Crippen LogP contribution in [0.5, 0.6) is 0 Å². The van der Waals surface area contributed by atoms with E-state index in [1.54, 1.807) is 6.20 Å². The standard InChI is InChI=1S/C22H20N4O2/c27-20(24-16-10-11-16)14-26-22(28)21-18(12-23-26)17-8-4-5-9-19(17)25(21)13-15-6-2-1-3-7-15/h1-9,12,16H,10-11,13-14H2,(H,24,27). The van der Waals surface area contributed by atoms with Crippen molar-refractivity contribution in [3.05, 3.63) is 76.7 Å². The molecule has 0 bridgehead atoms. The third-order valence-corrected chi connectivity index (χ3v) is 5.19. The number of hydrogen-bond acceptors (Lipinski definition) is 3. The molecule has 2 aromatic carbocycles. The summed E-state index contributed by atoms with van der Waals surface area (Å²) in [5.74, 6) is -0.165. The Bertz CT molecular complexity index is 1240. The molecule has 6 heteroatoms. The van der Waals surface area contributed by atoms with Gasteiger partial charge in [0.2, 0.25) is 5.91 Å². The lowest BCUT2D eigenvalue weighted by Gasteiger charge is -2.09. The zero-order chi connectivity index (χ0) is 19.1. The van der Waals surface area contributed by atoms with Crippen molar-refractivity contribution in [3.63, 3.8) is 0 Å². The summed E-state index contributed by atoms with van der Waals surface area (Å²) >= 11 is 0. The minimum absolute atomic E-state index is 0.0574. The molecule has 1 aliphatic rings. The third-order valence-electron chi connectivity index (χ3n) is 5.19. The summed E-state index contributed by atoms with van der Waals surface area (Å²) in [5, 5.41) is 9.00. The van der Waals surface area contributed by atoms with Gasteiger partial charge in [-0.15, -0.1) is 0 Å². The Morgan fingerprint density at radius 2 is 1.79 bits per heavy atom. The molecule has 1 saturated carbocycles. The number of rotatable bonds is 5. The molecule has 1 amide bonds. The molecule has 0 aliphatic heterocycles. The topological polar surface area (TPSA) is 68.9 Å². The molecule has 0 spiro atoms. The third kappa shape index (κ3) is 2.97. The Morgan fingerprint density at radius 1 is 1.04 bits per heavy atom. The van der Waals surface area contributed by atoms with Gasteiger partial charge < -0.3 is 9.88 Å². The highest BCUT2D eigenvalue weighted by Crippen LogP contribution is 2.27. The second-order valence-corrected chi connectivity index (χ2v) is 7.30. The maximum Gasteiger partial charge on any atom is 0.291 e. The summed E-state index contributed by atoms with van der Waals surface area (Å²) in [6, 6.07) is 18.3. The number of benzene rings is 2. The number of nitrogens with one attached hydrogen (secondary N) is 1. The van der Waals surface area contributed by atoms with Crippen LogP contribution in [-0.4, -0.2) is 26.3 Å². The molecule has 1 fully saturated rings. The molecule has 1 N–H and O–H groups in total. The van der Waals surface area contributed by atoms with Crippen LogP contribution < -0.4 is 10.9 Å². The number of carbonyl (C=O) groups is 1. The van der Waals surface area contributed by atoms with E-state index in [2.05, 4.69) is 10.4 Å². The summed E-state index contributed by atoms with van der Waals surface area (Å²) < 4.78 is 3.29. The monoisotopic (exact) mass is 372 g/mol. The van der Waals surface area contributed by atoms with Crippen LogP contribution in [0.2, 0.25) is 0 Å². The van der Waals surface area contributed by atoms with Crippen LogP contribution in [0.15, 0.2) is 65.6 Å². The van der Waals surface area contributed by atoms with Gasteiger partial charge in [-0.2, -0.15) is 5.10 Å². The summed E-state index contributed by atoms with van der Waals surface area (Å²) in [7, 11) is 0. The number of carbonyl (C=O) groups excluding carboxylic acids is 1. The van der Waals surface area contributed by atoms with Crippen molar-refractivity contribution in [1.82, 2.24) is 19.7 Å². The van der Waals surface area contributed by atoms with Crippen LogP contribution in [0.3, 0.4) is 0 Å². The molecule has 0 atom stereocenters. The first kappa shape index (κ1) is 16.7. The minimum Gasteiger partial charge on any atom is -0.352 e. The number of nitrogens with zero attached hydrogens (tertiary/aromatic N) is 3. The smallest absolute Gasteiger partial charge is 0.291 e. The lowest BCUT2D eigenvalue weighted by Crippen LogP contribution is -2.35. The van der Waals surface area contributed by atoms with Gasteiger partial charge in [0.25, 0.3) is 5.56 Å². The van der Waals surface area contributed by atoms with Crippen molar-refractivity contribution in [2.45, 2.75) is 32.0 Å². The molecular weight excluding hydrogens is 352 g/mol. The fourth-order valence-electron chi connectivity index (χ4n) is 3.67. The molecule has 0 radical (unpaired) electrons. The lowest BCUT2D eigenvalue weighted by atomic mass is 10.2. The molecule has 4 aromatic rings. The summed E-state index contributed by atoms with van der Waals surface area (Å²) in [6.07, 6.45) is 3.72. The van der Waals surface area contributed by atoms with Crippen LogP contribution in [-0.2, 0) is 17.9 Å². The summed E-state index contributed by atoms with van der Waals surface area (Å²) in [5.41, 5.74) is 2.44. The van der Waals surface area contributed by atoms with E-state index in [9.17, 15) is 9.59 Å². The molecule has 2 aromatic heterocycles. The first-order chi connectivity index (χ1) is 13.7. The van der Waals surface area contributed by atoms with Crippen molar-refractivity contribution in [1.29, 1.82) is 0 Å². The van der Waals surface area contributed by atoms with Crippen molar-refractivity contribution >= 4 is 27.7 Å². The van der Waals surface area contributed by atoms with Gasteiger partial charge >= 0.3 is 0 Å². The number of fused-ring (bicyclic) bond motifs is 3. The van der Waals surface area contributed by atoms with Crippen LogP contribution >= 0.6 is 0 Å². The van der Waals surface area contributed by atoms with Crippen LogP contribution in [0.4, 0.5) is 0 Å². The first-order valence-corrected chi connectivity index (χ1v) is 9.51. The molecule has 0 saturated heterocycles. The Labute approximate surface area is 161 Å². The van der Waals surface area contributed by atoms with E-state index in [0.29, 0.717) is 12.1 Å². The van der Waals surface area contributed by atoms with E-state index in [1.807, 2.05) is 59.2 Å². The Balaban J connectivity index is 1.65. The summed E-state index contributed by atoms with van der Waals surface area (Å²) in [6.45, 7) is 0.524. The lowest BCUT2D eigenvalue weighted by molar-refractivity contribution is -0.122. The van der Waals surface area contributed by atoms with Crippen molar-refractivity contribution in [3.8, 4) is 0 Å². The molecule has 140 valence electrons. The van der Waals surface area contributed by atoms with Crippen molar-refractivity contribution < 1.29 is 4.79 Å². The van der Waals surface area contributed by atoms with Crippen molar-refractivity contribution in [2.24, 2.45) is 0 Å². The van der Waals surface area contributed by atoms with Gasteiger partial charge in [0.15, 0.2) is 0 Å². The largest absolute Gasteiger partial charge is 0.352 e. The van der Waals surface area contributed by atoms with E-state index in [1.165, 1.54) is 4.68 Å². The number of aromatic nitrogens is 3. The Kier molecular flexibility index (Phi) is 3.97. The van der Waals surface area contributed by atoms with E-state index in [-0.39, 0.29) is 24.1 Å². The average molecular weight is 372 g/mol. The van der Waals surface area contributed by atoms with Gasteiger partial charge in [-0.1, -0.05) is 48.5 Å². The fourth-order valence-corrected chi connectivity index (χ4v) is 3.67.